The van der Waals surface area contributed by atoms with Gasteiger partial charge in [0.05, 0.1) is 18.3 Å². The molecule has 0 saturated heterocycles. The zero-order valence-corrected chi connectivity index (χ0v) is 12.4. The molecule has 1 aromatic heterocycles. The van der Waals surface area contributed by atoms with E-state index in [0.717, 1.165) is 47.4 Å². The highest BCUT2D eigenvalue weighted by Crippen LogP contribution is 2.28. The van der Waals surface area contributed by atoms with E-state index in [2.05, 4.69) is 16.4 Å². The lowest BCUT2D eigenvalue weighted by Gasteiger charge is -2.12. The van der Waals surface area contributed by atoms with E-state index in [4.69, 9.17) is 10.5 Å². The zero-order chi connectivity index (χ0) is 14.5. The van der Waals surface area contributed by atoms with Crippen LogP contribution in [0, 0.1) is 6.92 Å². The van der Waals surface area contributed by atoms with Gasteiger partial charge >= 0.3 is 0 Å². The molecule has 1 heterocycles. The topological polar surface area (TPSA) is 60.2 Å². The summed E-state index contributed by atoms with van der Waals surface area (Å²) in [5.41, 5.74) is 8.80. The van der Waals surface area contributed by atoms with Crippen LogP contribution in [0.25, 0.3) is 10.9 Å². The summed E-state index contributed by atoms with van der Waals surface area (Å²) in [5.74, 6) is 0.845. The maximum absolute atomic E-state index is 5.77. The molecule has 1 aromatic carbocycles. The minimum atomic E-state index is 0.249. The Hall–Kier alpha value is -1.81. The molecule has 0 bridgehead atoms. The molecule has 1 unspecified atom stereocenters. The van der Waals surface area contributed by atoms with Gasteiger partial charge in [0.2, 0.25) is 0 Å². The number of aromatic nitrogens is 1. The second-order valence-electron chi connectivity index (χ2n) is 5.25. The van der Waals surface area contributed by atoms with Crippen LogP contribution in [-0.2, 0) is 0 Å². The highest BCUT2D eigenvalue weighted by molar-refractivity contribution is 5.92. The number of fused-ring (bicyclic) bond motifs is 1. The molecule has 2 aromatic rings. The monoisotopic (exact) mass is 273 g/mol. The van der Waals surface area contributed by atoms with Crippen molar-refractivity contribution >= 4 is 16.6 Å². The predicted molar refractivity (Wildman–Crippen MR) is 84.4 cm³/mol. The minimum absolute atomic E-state index is 0.249. The van der Waals surface area contributed by atoms with Crippen LogP contribution in [0.3, 0.4) is 0 Å². The molecule has 4 nitrogen and oxygen atoms in total. The van der Waals surface area contributed by atoms with Crippen molar-refractivity contribution in [2.24, 2.45) is 5.73 Å². The quantitative estimate of drug-likeness (QED) is 0.794. The van der Waals surface area contributed by atoms with Crippen LogP contribution in [0.5, 0.6) is 5.75 Å². The van der Waals surface area contributed by atoms with E-state index in [1.165, 1.54) is 0 Å². The molecule has 1 atom stereocenters. The van der Waals surface area contributed by atoms with Gasteiger partial charge in [-0.15, -0.1) is 0 Å². The summed E-state index contributed by atoms with van der Waals surface area (Å²) in [7, 11) is 1.68. The van der Waals surface area contributed by atoms with E-state index in [1.807, 2.05) is 32.0 Å². The Kier molecular flexibility index (Phi) is 4.79. The Morgan fingerprint density at radius 3 is 2.85 bits per heavy atom. The van der Waals surface area contributed by atoms with E-state index in [0.29, 0.717) is 0 Å². The van der Waals surface area contributed by atoms with E-state index in [9.17, 15) is 0 Å². The Morgan fingerprint density at radius 1 is 1.35 bits per heavy atom. The van der Waals surface area contributed by atoms with Crippen LogP contribution in [0.2, 0.25) is 0 Å². The number of ether oxygens (including phenoxy) is 1. The van der Waals surface area contributed by atoms with E-state index < -0.39 is 0 Å². The van der Waals surface area contributed by atoms with Crippen LogP contribution in [0.1, 0.15) is 25.5 Å². The fourth-order valence-corrected chi connectivity index (χ4v) is 2.20. The van der Waals surface area contributed by atoms with Gasteiger partial charge in [-0.3, -0.25) is 4.98 Å². The van der Waals surface area contributed by atoms with Crippen LogP contribution in [0.4, 0.5) is 5.69 Å². The Labute approximate surface area is 120 Å². The van der Waals surface area contributed by atoms with Crippen molar-refractivity contribution in [1.29, 1.82) is 0 Å². The normalized spacial score (nSPS) is 12.4. The van der Waals surface area contributed by atoms with Crippen LogP contribution < -0.4 is 15.8 Å². The maximum Gasteiger partial charge on any atom is 0.121 e. The van der Waals surface area contributed by atoms with Crippen LogP contribution >= 0.6 is 0 Å². The summed E-state index contributed by atoms with van der Waals surface area (Å²) < 4.78 is 5.35. The van der Waals surface area contributed by atoms with Crippen molar-refractivity contribution < 1.29 is 4.74 Å². The third-order valence-corrected chi connectivity index (χ3v) is 3.29. The standard InChI is InChI=1S/C16H23N3O/c1-11(17)5-4-8-18-15-10-14(20-3)9-13-7-6-12(2)19-16(13)15/h6-7,9-11,18H,4-5,8,17H2,1-3H3. The fraction of sp³-hybridized carbons (Fsp3) is 0.438. The molecule has 0 aliphatic rings. The first-order valence-electron chi connectivity index (χ1n) is 7.05. The third-order valence-electron chi connectivity index (χ3n) is 3.29. The third kappa shape index (κ3) is 3.61. The highest BCUT2D eigenvalue weighted by atomic mass is 16.5. The first kappa shape index (κ1) is 14.6. The van der Waals surface area contributed by atoms with Crippen molar-refractivity contribution in [3.63, 3.8) is 0 Å². The smallest absolute Gasteiger partial charge is 0.121 e. The number of methoxy groups -OCH3 is 1. The molecule has 0 saturated carbocycles. The minimum Gasteiger partial charge on any atom is -0.497 e. The van der Waals surface area contributed by atoms with Crippen molar-refractivity contribution in [3.05, 3.63) is 30.0 Å². The fourth-order valence-electron chi connectivity index (χ4n) is 2.20. The van der Waals surface area contributed by atoms with Gasteiger partial charge in [-0.1, -0.05) is 6.07 Å². The van der Waals surface area contributed by atoms with Gasteiger partial charge < -0.3 is 15.8 Å². The largest absolute Gasteiger partial charge is 0.497 e. The number of rotatable bonds is 6. The van der Waals surface area contributed by atoms with Crippen LogP contribution in [0.15, 0.2) is 24.3 Å². The lowest BCUT2D eigenvalue weighted by Crippen LogP contribution is -2.16. The second-order valence-corrected chi connectivity index (χ2v) is 5.25. The summed E-state index contributed by atoms with van der Waals surface area (Å²) in [4.78, 5) is 4.62. The zero-order valence-electron chi connectivity index (χ0n) is 12.4. The number of hydrogen-bond donors (Lipinski definition) is 2. The molecule has 3 N–H and O–H groups in total. The molecule has 0 fully saturated rings. The molecule has 20 heavy (non-hydrogen) atoms. The number of hydrogen-bond acceptors (Lipinski definition) is 4. The average Bonchev–Trinajstić information content (AvgIpc) is 2.43. The van der Waals surface area contributed by atoms with Crippen molar-refractivity contribution in [2.45, 2.75) is 32.7 Å². The molecule has 2 rings (SSSR count). The summed E-state index contributed by atoms with van der Waals surface area (Å²) >= 11 is 0. The lowest BCUT2D eigenvalue weighted by molar-refractivity contribution is 0.415. The van der Waals surface area contributed by atoms with Crippen molar-refractivity contribution in [2.75, 3.05) is 19.0 Å². The van der Waals surface area contributed by atoms with Gasteiger partial charge in [0.25, 0.3) is 0 Å². The van der Waals surface area contributed by atoms with Gasteiger partial charge in [-0.2, -0.15) is 0 Å². The molecular weight excluding hydrogens is 250 g/mol. The Morgan fingerprint density at radius 2 is 2.15 bits per heavy atom. The van der Waals surface area contributed by atoms with Gasteiger partial charge in [0.1, 0.15) is 5.75 Å². The Bertz CT molecular complexity index is 581. The number of anilines is 1. The lowest BCUT2D eigenvalue weighted by atomic mass is 10.1. The number of pyridine rings is 1. The molecule has 0 radical (unpaired) electrons. The number of nitrogens with zero attached hydrogens (tertiary/aromatic N) is 1. The predicted octanol–water partition coefficient (Wildman–Crippen LogP) is 3.09. The van der Waals surface area contributed by atoms with Crippen molar-refractivity contribution in [3.8, 4) is 5.75 Å². The summed E-state index contributed by atoms with van der Waals surface area (Å²) in [6, 6.07) is 8.35. The number of nitrogens with two attached hydrogens (primary N) is 1. The maximum atomic E-state index is 5.77. The Balaban J connectivity index is 2.22. The van der Waals surface area contributed by atoms with Gasteiger partial charge in [-0.05, 0) is 38.8 Å². The van der Waals surface area contributed by atoms with E-state index in [1.54, 1.807) is 7.11 Å². The van der Waals surface area contributed by atoms with Crippen molar-refractivity contribution in [1.82, 2.24) is 4.98 Å². The highest BCUT2D eigenvalue weighted by Gasteiger charge is 2.06. The molecule has 0 amide bonds. The number of aryl methyl sites for hydroxylation is 1. The molecule has 0 spiro atoms. The molecular formula is C16H23N3O. The van der Waals surface area contributed by atoms with Gasteiger partial charge in [0.15, 0.2) is 0 Å². The number of benzene rings is 1. The average molecular weight is 273 g/mol. The SMILES string of the molecule is COc1cc(NCCCC(C)N)c2nc(C)ccc2c1. The number of nitrogens with one attached hydrogen (secondary N) is 1. The summed E-state index contributed by atoms with van der Waals surface area (Å²) in [6.07, 6.45) is 2.06. The molecule has 0 aliphatic heterocycles. The van der Waals surface area contributed by atoms with Gasteiger partial charge in [0, 0.05) is 29.7 Å². The summed E-state index contributed by atoms with van der Waals surface area (Å²) in [5, 5.41) is 4.53. The summed E-state index contributed by atoms with van der Waals surface area (Å²) in [6.45, 7) is 4.93. The van der Waals surface area contributed by atoms with E-state index in [-0.39, 0.29) is 6.04 Å². The van der Waals surface area contributed by atoms with Gasteiger partial charge in [-0.25, -0.2) is 0 Å². The van der Waals surface area contributed by atoms with Crippen LogP contribution in [-0.4, -0.2) is 24.7 Å². The molecule has 108 valence electrons. The second kappa shape index (κ2) is 6.57. The first-order chi connectivity index (χ1) is 9.60. The first-order valence-corrected chi connectivity index (χ1v) is 7.05. The molecule has 0 aliphatic carbocycles. The van der Waals surface area contributed by atoms with E-state index >= 15 is 0 Å². The molecule has 4 heteroatoms.